The fourth-order valence-electron chi connectivity index (χ4n) is 2.48. The first-order valence-corrected chi connectivity index (χ1v) is 7.27. The fourth-order valence-corrected chi connectivity index (χ4v) is 2.48. The zero-order valence-electron chi connectivity index (χ0n) is 12.9. The van der Waals surface area contributed by atoms with Crippen molar-refractivity contribution >= 4 is 0 Å². The van der Waals surface area contributed by atoms with Crippen LogP contribution in [0.25, 0.3) is 0 Å². The zero-order chi connectivity index (χ0) is 14.6. The number of aromatic nitrogens is 2. The predicted molar refractivity (Wildman–Crippen MR) is 80.5 cm³/mol. The van der Waals surface area contributed by atoms with Gasteiger partial charge in [0, 0.05) is 18.8 Å². The maximum absolute atomic E-state index is 5.55. The molecule has 0 atom stereocenters. The molecule has 2 aromatic rings. The minimum absolute atomic E-state index is 0.148. The highest BCUT2D eigenvalue weighted by atomic mass is 16.3. The van der Waals surface area contributed by atoms with Gasteiger partial charge in [-0.1, -0.05) is 33.8 Å². The number of hydrogen-bond acceptors (Lipinski definition) is 3. The summed E-state index contributed by atoms with van der Waals surface area (Å²) in [7, 11) is 0. The van der Waals surface area contributed by atoms with Crippen LogP contribution < -0.4 is 0 Å². The highest BCUT2D eigenvalue weighted by Gasteiger charge is 2.21. The van der Waals surface area contributed by atoms with Crippen molar-refractivity contribution < 1.29 is 4.42 Å². The monoisotopic (exact) mass is 272 g/mol. The summed E-state index contributed by atoms with van der Waals surface area (Å²) in [6.45, 7) is 8.88. The van der Waals surface area contributed by atoms with Crippen LogP contribution in [0, 0.1) is 11.3 Å². The summed E-state index contributed by atoms with van der Waals surface area (Å²) in [4.78, 5) is 8.77. The van der Waals surface area contributed by atoms with Crippen molar-refractivity contribution in [1.29, 1.82) is 0 Å². The smallest absolute Gasteiger partial charge is 0.194 e. The zero-order valence-corrected chi connectivity index (χ0v) is 12.9. The Hall–Kier alpha value is -1.64. The molecule has 108 valence electrons. The molecule has 0 aliphatic rings. The van der Waals surface area contributed by atoms with E-state index in [1.807, 2.05) is 24.7 Å². The third kappa shape index (κ3) is 4.48. The average Bonchev–Trinajstić information content (AvgIpc) is 2.75. The first kappa shape index (κ1) is 14.8. The highest BCUT2D eigenvalue weighted by molar-refractivity contribution is 5.12. The molecule has 20 heavy (non-hydrogen) atoms. The first-order valence-electron chi connectivity index (χ1n) is 7.27. The van der Waals surface area contributed by atoms with E-state index in [9.17, 15) is 0 Å². The van der Waals surface area contributed by atoms with E-state index >= 15 is 0 Å². The third-order valence-electron chi connectivity index (χ3n) is 3.25. The van der Waals surface area contributed by atoms with E-state index in [1.165, 1.54) is 5.56 Å². The SMILES string of the molecule is CC(C)Cc1nc(CC(C)(C)Cc2cccnc2)co1. The summed E-state index contributed by atoms with van der Waals surface area (Å²) >= 11 is 0. The van der Waals surface area contributed by atoms with E-state index in [0.717, 1.165) is 30.8 Å². The van der Waals surface area contributed by atoms with Crippen molar-refractivity contribution in [3.8, 4) is 0 Å². The Kier molecular flexibility index (Phi) is 4.58. The second kappa shape index (κ2) is 6.21. The van der Waals surface area contributed by atoms with E-state index in [0.29, 0.717) is 5.92 Å². The highest BCUT2D eigenvalue weighted by Crippen LogP contribution is 2.26. The van der Waals surface area contributed by atoms with Crippen LogP contribution in [0.1, 0.15) is 44.8 Å². The van der Waals surface area contributed by atoms with Crippen LogP contribution >= 0.6 is 0 Å². The molecular formula is C17H24N2O. The van der Waals surface area contributed by atoms with Gasteiger partial charge in [-0.05, 0) is 35.8 Å². The minimum Gasteiger partial charge on any atom is -0.449 e. The minimum atomic E-state index is 0.148. The van der Waals surface area contributed by atoms with Gasteiger partial charge in [0.15, 0.2) is 5.89 Å². The molecule has 0 aliphatic heterocycles. The summed E-state index contributed by atoms with van der Waals surface area (Å²) in [5, 5.41) is 0. The lowest BCUT2D eigenvalue weighted by molar-refractivity contribution is 0.356. The van der Waals surface area contributed by atoms with Crippen molar-refractivity contribution in [2.75, 3.05) is 0 Å². The van der Waals surface area contributed by atoms with Crippen LogP contribution in [-0.4, -0.2) is 9.97 Å². The van der Waals surface area contributed by atoms with E-state index < -0.39 is 0 Å². The van der Waals surface area contributed by atoms with Crippen molar-refractivity contribution in [3.05, 3.63) is 47.9 Å². The number of nitrogens with zero attached hydrogens (tertiary/aromatic N) is 2. The number of hydrogen-bond donors (Lipinski definition) is 0. The lowest BCUT2D eigenvalue weighted by Gasteiger charge is -2.23. The van der Waals surface area contributed by atoms with Gasteiger partial charge in [-0.3, -0.25) is 4.98 Å². The van der Waals surface area contributed by atoms with Gasteiger partial charge in [0.25, 0.3) is 0 Å². The molecule has 0 amide bonds. The molecule has 2 heterocycles. The number of pyridine rings is 1. The van der Waals surface area contributed by atoms with Crippen molar-refractivity contribution in [1.82, 2.24) is 9.97 Å². The summed E-state index contributed by atoms with van der Waals surface area (Å²) < 4.78 is 5.55. The van der Waals surface area contributed by atoms with Gasteiger partial charge in [-0.15, -0.1) is 0 Å². The molecule has 0 bridgehead atoms. The summed E-state index contributed by atoms with van der Waals surface area (Å²) in [5.74, 6) is 1.43. The molecule has 2 rings (SSSR count). The largest absolute Gasteiger partial charge is 0.449 e. The van der Waals surface area contributed by atoms with Gasteiger partial charge in [-0.2, -0.15) is 0 Å². The summed E-state index contributed by atoms with van der Waals surface area (Å²) in [5.41, 5.74) is 2.47. The van der Waals surface area contributed by atoms with Gasteiger partial charge >= 0.3 is 0 Å². The summed E-state index contributed by atoms with van der Waals surface area (Å²) in [6.07, 6.45) is 8.38. The molecule has 3 nitrogen and oxygen atoms in total. The lowest BCUT2D eigenvalue weighted by atomic mass is 9.82. The molecule has 0 radical (unpaired) electrons. The molecule has 2 aromatic heterocycles. The maximum atomic E-state index is 5.55. The van der Waals surface area contributed by atoms with E-state index in [4.69, 9.17) is 4.42 Å². The Bertz CT molecular complexity index is 529. The Morgan fingerprint density at radius 1 is 1.25 bits per heavy atom. The molecule has 0 aliphatic carbocycles. The van der Waals surface area contributed by atoms with E-state index in [-0.39, 0.29) is 5.41 Å². The van der Waals surface area contributed by atoms with Crippen LogP contribution in [0.5, 0.6) is 0 Å². The molecular weight excluding hydrogens is 248 g/mol. The van der Waals surface area contributed by atoms with E-state index in [2.05, 4.69) is 43.7 Å². The fraction of sp³-hybridized carbons (Fsp3) is 0.529. The quantitative estimate of drug-likeness (QED) is 0.795. The van der Waals surface area contributed by atoms with Crippen LogP contribution in [0.3, 0.4) is 0 Å². The standard InChI is InChI=1S/C17H24N2O/c1-13(2)8-16-19-15(12-20-16)10-17(3,4)9-14-6-5-7-18-11-14/h5-7,11-13H,8-10H2,1-4H3. The molecule has 0 spiro atoms. The van der Waals surface area contributed by atoms with Crippen molar-refractivity contribution in [3.63, 3.8) is 0 Å². The molecule has 0 saturated heterocycles. The third-order valence-corrected chi connectivity index (χ3v) is 3.25. The number of rotatable bonds is 6. The second-order valence-corrected chi connectivity index (χ2v) is 6.71. The van der Waals surface area contributed by atoms with Gasteiger partial charge in [0.2, 0.25) is 0 Å². The first-order chi connectivity index (χ1) is 9.44. The normalized spacial score (nSPS) is 12.1. The predicted octanol–water partition coefficient (Wildman–Crippen LogP) is 4.08. The molecule has 0 saturated carbocycles. The van der Waals surface area contributed by atoms with Crippen LogP contribution in [0.15, 0.2) is 35.2 Å². The Balaban J connectivity index is 1.99. The maximum Gasteiger partial charge on any atom is 0.194 e. The Morgan fingerprint density at radius 2 is 2.05 bits per heavy atom. The Morgan fingerprint density at radius 3 is 2.70 bits per heavy atom. The van der Waals surface area contributed by atoms with Crippen LogP contribution in [-0.2, 0) is 19.3 Å². The van der Waals surface area contributed by atoms with Gasteiger partial charge in [0.1, 0.15) is 6.26 Å². The molecule has 0 N–H and O–H groups in total. The van der Waals surface area contributed by atoms with Gasteiger partial charge in [-0.25, -0.2) is 4.98 Å². The topological polar surface area (TPSA) is 38.9 Å². The van der Waals surface area contributed by atoms with Crippen molar-refractivity contribution in [2.24, 2.45) is 11.3 Å². The molecule has 0 fully saturated rings. The number of oxazole rings is 1. The molecule has 0 unspecified atom stereocenters. The molecule has 3 heteroatoms. The Labute approximate surface area is 121 Å². The van der Waals surface area contributed by atoms with Crippen LogP contribution in [0.2, 0.25) is 0 Å². The second-order valence-electron chi connectivity index (χ2n) is 6.71. The van der Waals surface area contributed by atoms with Gasteiger partial charge < -0.3 is 4.42 Å². The lowest BCUT2D eigenvalue weighted by Crippen LogP contribution is -2.18. The average molecular weight is 272 g/mol. The van der Waals surface area contributed by atoms with Crippen molar-refractivity contribution in [2.45, 2.75) is 47.0 Å². The van der Waals surface area contributed by atoms with Crippen LogP contribution in [0.4, 0.5) is 0 Å². The molecule has 0 aromatic carbocycles. The van der Waals surface area contributed by atoms with E-state index in [1.54, 1.807) is 0 Å². The van der Waals surface area contributed by atoms with Gasteiger partial charge in [0.05, 0.1) is 5.69 Å². The summed E-state index contributed by atoms with van der Waals surface area (Å²) in [6, 6.07) is 4.12.